The molecule has 5 rings (SSSR count). The molecule has 2 saturated carbocycles. The topological polar surface area (TPSA) is 82.2 Å². The van der Waals surface area contributed by atoms with Crippen LogP contribution >= 0.6 is 0 Å². The second kappa shape index (κ2) is 5.44. The quantitative estimate of drug-likeness (QED) is 0.717. The van der Waals surface area contributed by atoms with Gasteiger partial charge in [-0.1, -0.05) is 20.8 Å². The number of carbonyl (C=O) groups is 1. The van der Waals surface area contributed by atoms with Crippen molar-refractivity contribution in [2.24, 2.45) is 21.7 Å². The molecular formula is C21H25N5O. The van der Waals surface area contributed by atoms with Gasteiger partial charge in [0.15, 0.2) is 0 Å². The molecule has 0 spiro atoms. The van der Waals surface area contributed by atoms with Gasteiger partial charge in [-0.3, -0.25) is 10.1 Å². The summed E-state index contributed by atoms with van der Waals surface area (Å²) in [5.41, 5.74) is 2.71. The number of pyridine rings is 1. The Balaban J connectivity index is 1.41. The lowest BCUT2D eigenvalue weighted by Gasteiger charge is -2.39. The highest BCUT2D eigenvalue weighted by Gasteiger charge is 2.61. The molecule has 2 bridgehead atoms. The van der Waals surface area contributed by atoms with Crippen molar-refractivity contribution in [3.8, 4) is 0 Å². The number of rotatable bonds is 2. The molecular weight excluding hydrogens is 338 g/mol. The van der Waals surface area contributed by atoms with Crippen LogP contribution in [0, 0.1) is 16.7 Å². The molecule has 2 aliphatic carbocycles. The SMILES string of the molecule is CC1(C)[C@@H]2CC[C@]1(C)[C@H](NC1=N/C(=C\c3c[nH]c4ncccc34)C(=O)N1)C2. The van der Waals surface area contributed by atoms with Crippen LogP contribution in [0.4, 0.5) is 0 Å². The highest BCUT2D eigenvalue weighted by Crippen LogP contribution is 2.65. The van der Waals surface area contributed by atoms with Crippen LogP contribution in [0.25, 0.3) is 17.1 Å². The number of H-pyrrole nitrogens is 1. The first kappa shape index (κ1) is 16.5. The maximum Gasteiger partial charge on any atom is 0.276 e. The number of hydrogen-bond donors (Lipinski definition) is 3. The van der Waals surface area contributed by atoms with E-state index < -0.39 is 0 Å². The summed E-state index contributed by atoms with van der Waals surface area (Å²) in [5.74, 6) is 1.16. The van der Waals surface area contributed by atoms with Crippen LogP contribution in [0.1, 0.15) is 45.6 Å². The molecule has 0 saturated heterocycles. The van der Waals surface area contributed by atoms with Crippen LogP contribution in [-0.2, 0) is 4.79 Å². The van der Waals surface area contributed by atoms with Crippen molar-refractivity contribution in [2.45, 2.75) is 46.1 Å². The van der Waals surface area contributed by atoms with Crippen LogP contribution in [0.2, 0.25) is 0 Å². The average molecular weight is 363 g/mol. The smallest absolute Gasteiger partial charge is 0.276 e. The number of amides is 1. The minimum atomic E-state index is -0.164. The predicted octanol–water partition coefficient (Wildman–Crippen LogP) is 3.19. The van der Waals surface area contributed by atoms with Gasteiger partial charge in [-0.25, -0.2) is 9.98 Å². The lowest BCUT2D eigenvalue weighted by Crippen LogP contribution is -2.50. The highest BCUT2D eigenvalue weighted by atomic mass is 16.2. The van der Waals surface area contributed by atoms with Crippen LogP contribution in [-0.4, -0.2) is 27.9 Å². The molecule has 6 nitrogen and oxygen atoms in total. The van der Waals surface area contributed by atoms with Crippen LogP contribution in [0.5, 0.6) is 0 Å². The Morgan fingerprint density at radius 2 is 2.19 bits per heavy atom. The van der Waals surface area contributed by atoms with Gasteiger partial charge in [0.25, 0.3) is 5.91 Å². The van der Waals surface area contributed by atoms with E-state index in [1.165, 1.54) is 12.8 Å². The van der Waals surface area contributed by atoms with Gasteiger partial charge >= 0.3 is 0 Å². The standard InChI is InChI=1S/C21H25N5O/c1-20(2)13-6-7-21(20,3)16(10-13)25-19-24-15(18(27)26-19)9-12-11-23-17-14(12)5-4-8-22-17/h4-5,8-9,11,13,16H,6-7,10H2,1-3H3,(H,22,23)(H2,24,25,26,27)/b15-9-/t13-,16-,21-/m1/s1. The first-order valence-electron chi connectivity index (χ1n) is 9.69. The lowest BCUT2D eigenvalue weighted by atomic mass is 9.69. The fraction of sp³-hybridized carbons (Fsp3) is 0.476. The Morgan fingerprint density at radius 1 is 1.33 bits per heavy atom. The van der Waals surface area contributed by atoms with Crippen molar-refractivity contribution in [3.63, 3.8) is 0 Å². The summed E-state index contributed by atoms with van der Waals surface area (Å²) in [6.45, 7) is 7.15. The van der Waals surface area contributed by atoms with Gasteiger partial charge in [-0.2, -0.15) is 0 Å². The second-order valence-electron chi connectivity index (χ2n) is 8.90. The Labute approximate surface area is 158 Å². The molecule has 2 aromatic rings. The van der Waals surface area contributed by atoms with Crippen molar-refractivity contribution >= 4 is 29.0 Å². The maximum absolute atomic E-state index is 12.4. The maximum atomic E-state index is 12.4. The third-order valence-electron chi connectivity index (χ3n) is 7.58. The van der Waals surface area contributed by atoms with Gasteiger partial charge < -0.3 is 10.3 Å². The summed E-state index contributed by atoms with van der Waals surface area (Å²) in [4.78, 5) is 24.4. The van der Waals surface area contributed by atoms with Gasteiger partial charge in [-0.05, 0) is 54.2 Å². The fourth-order valence-corrected chi connectivity index (χ4v) is 5.37. The van der Waals surface area contributed by atoms with E-state index in [9.17, 15) is 4.79 Å². The molecule has 0 unspecified atom stereocenters. The van der Waals surface area contributed by atoms with E-state index in [1.807, 2.05) is 24.4 Å². The van der Waals surface area contributed by atoms with Crippen molar-refractivity contribution in [3.05, 3.63) is 35.8 Å². The number of carbonyl (C=O) groups excluding carboxylic acids is 1. The van der Waals surface area contributed by atoms with E-state index >= 15 is 0 Å². The Morgan fingerprint density at radius 3 is 2.93 bits per heavy atom. The number of nitrogens with zero attached hydrogens (tertiary/aromatic N) is 2. The number of aromatic amines is 1. The normalized spacial score (nSPS) is 32.9. The van der Waals surface area contributed by atoms with E-state index in [0.717, 1.165) is 28.9 Å². The minimum Gasteiger partial charge on any atom is -0.352 e. The van der Waals surface area contributed by atoms with Crippen molar-refractivity contribution in [1.29, 1.82) is 0 Å². The highest BCUT2D eigenvalue weighted by molar-refractivity contribution is 6.14. The van der Waals surface area contributed by atoms with Crippen LogP contribution in [0.3, 0.4) is 0 Å². The van der Waals surface area contributed by atoms with E-state index in [1.54, 1.807) is 6.20 Å². The number of fused-ring (bicyclic) bond motifs is 3. The zero-order valence-electron chi connectivity index (χ0n) is 16.0. The van der Waals surface area contributed by atoms with Gasteiger partial charge in [0.05, 0.1) is 0 Å². The van der Waals surface area contributed by atoms with Gasteiger partial charge in [0, 0.05) is 29.4 Å². The van der Waals surface area contributed by atoms with Crippen molar-refractivity contribution in [2.75, 3.05) is 0 Å². The number of aliphatic imine (C=N–C) groups is 1. The Bertz CT molecular complexity index is 1000. The third kappa shape index (κ3) is 2.28. The monoisotopic (exact) mass is 363 g/mol. The molecule has 3 atom stereocenters. The van der Waals surface area contributed by atoms with Crippen molar-refractivity contribution < 1.29 is 4.79 Å². The van der Waals surface area contributed by atoms with Gasteiger partial charge in [-0.15, -0.1) is 0 Å². The van der Waals surface area contributed by atoms with E-state index in [0.29, 0.717) is 23.1 Å². The van der Waals surface area contributed by atoms with Crippen LogP contribution < -0.4 is 10.6 Å². The molecule has 6 heteroatoms. The summed E-state index contributed by atoms with van der Waals surface area (Å²) in [5, 5.41) is 7.42. The molecule has 2 aromatic heterocycles. The molecule has 3 heterocycles. The largest absolute Gasteiger partial charge is 0.352 e. The number of aromatic nitrogens is 2. The lowest BCUT2D eigenvalue weighted by molar-refractivity contribution is -0.115. The minimum absolute atomic E-state index is 0.164. The zero-order chi connectivity index (χ0) is 18.8. The summed E-state index contributed by atoms with van der Waals surface area (Å²) < 4.78 is 0. The predicted molar refractivity (Wildman–Crippen MR) is 106 cm³/mol. The summed E-state index contributed by atoms with van der Waals surface area (Å²) in [7, 11) is 0. The van der Waals surface area contributed by atoms with E-state index in [2.05, 4.69) is 46.4 Å². The van der Waals surface area contributed by atoms with E-state index in [-0.39, 0.29) is 11.3 Å². The first-order chi connectivity index (χ1) is 12.9. The Hall–Kier alpha value is -2.63. The van der Waals surface area contributed by atoms with Crippen LogP contribution in [0.15, 0.2) is 35.2 Å². The second-order valence-corrected chi connectivity index (χ2v) is 8.90. The molecule has 0 aromatic carbocycles. The summed E-state index contributed by atoms with van der Waals surface area (Å²) in [6, 6.07) is 4.22. The van der Waals surface area contributed by atoms with E-state index in [4.69, 9.17) is 0 Å². The Kier molecular flexibility index (Phi) is 3.33. The third-order valence-corrected chi connectivity index (χ3v) is 7.58. The summed E-state index contributed by atoms with van der Waals surface area (Å²) in [6.07, 6.45) is 9.10. The summed E-state index contributed by atoms with van der Waals surface area (Å²) >= 11 is 0. The number of guanidine groups is 1. The average Bonchev–Trinajstić information content (AvgIpc) is 3.30. The fourth-order valence-electron chi connectivity index (χ4n) is 5.37. The number of nitrogens with one attached hydrogen (secondary N) is 3. The first-order valence-corrected chi connectivity index (χ1v) is 9.69. The van der Waals surface area contributed by atoms with Gasteiger partial charge in [0.2, 0.25) is 5.96 Å². The molecule has 140 valence electrons. The van der Waals surface area contributed by atoms with Gasteiger partial charge in [0.1, 0.15) is 11.3 Å². The molecule has 1 aliphatic heterocycles. The molecule has 27 heavy (non-hydrogen) atoms. The molecule has 0 radical (unpaired) electrons. The zero-order valence-corrected chi connectivity index (χ0v) is 16.0. The molecule has 3 aliphatic rings. The van der Waals surface area contributed by atoms with Crippen molar-refractivity contribution in [1.82, 2.24) is 20.6 Å². The molecule has 2 fully saturated rings. The number of hydrogen-bond acceptors (Lipinski definition) is 4. The molecule has 1 amide bonds. The molecule has 3 N–H and O–H groups in total.